The third-order valence-electron chi connectivity index (χ3n) is 3.54. The van der Waals surface area contributed by atoms with Gasteiger partial charge in [0.25, 0.3) is 0 Å². The Hall–Kier alpha value is -2.41. The maximum atomic E-state index is 5.03. The fourth-order valence-electron chi connectivity index (χ4n) is 2.34. The summed E-state index contributed by atoms with van der Waals surface area (Å²) in [5.74, 6) is 1.60. The maximum Gasteiger partial charge on any atom is 0.191 e. The Balaban J connectivity index is 1.88. The van der Waals surface area contributed by atoms with Crippen LogP contribution in [0.3, 0.4) is 0 Å². The number of nitrogens with zero attached hydrogens (tertiary/aromatic N) is 4. The largest absolute Gasteiger partial charge is 0.385 e. The highest BCUT2D eigenvalue weighted by atomic mass is 16.5. The van der Waals surface area contributed by atoms with Crippen molar-refractivity contribution in [1.82, 2.24) is 25.4 Å². The van der Waals surface area contributed by atoms with Crippen LogP contribution in [0.4, 0.5) is 0 Å². The first-order valence-corrected chi connectivity index (χ1v) is 8.06. The second-order valence-corrected chi connectivity index (χ2v) is 5.56. The topological polar surface area (TPSA) is 76.4 Å². The number of hydrogen-bond donors (Lipinski definition) is 2. The second-order valence-electron chi connectivity index (χ2n) is 5.56. The number of methoxy groups -OCH3 is 1. The normalized spacial score (nSPS) is 11.6. The van der Waals surface area contributed by atoms with E-state index in [1.165, 1.54) is 0 Å². The lowest BCUT2D eigenvalue weighted by atomic mass is 10.3. The number of aryl methyl sites for hydroxylation is 2. The average Bonchev–Trinajstić information content (AvgIpc) is 2.93. The Bertz CT molecular complexity index is 662. The molecule has 0 aliphatic heterocycles. The van der Waals surface area contributed by atoms with Crippen molar-refractivity contribution in [1.29, 1.82) is 0 Å². The molecular weight excluding hydrogens is 304 g/mol. The van der Waals surface area contributed by atoms with Crippen molar-refractivity contribution >= 4 is 5.96 Å². The van der Waals surface area contributed by atoms with Gasteiger partial charge in [-0.3, -0.25) is 4.99 Å². The zero-order valence-electron chi connectivity index (χ0n) is 14.8. The molecule has 0 aliphatic carbocycles. The zero-order valence-corrected chi connectivity index (χ0v) is 14.8. The monoisotopic (exact) mass is 330 g/mol. The summed E-state index contributed by atoms with van der Waals surface area (Å²) in [5.41, 5.74) is 3.15. The maximum absolute atomic E-state index is 5.03. The number of aliphatic imine (C=N–C) groups is 1. The van der Waals surface area contributed by atoms with Crippen LogP contribution < -0.4 is 10.6 Å². The Morgan fingerprint density at radius 2 is 2.12 bits per heavy atom. The van der Waals surface area contributed by atoms with Gasteiger partial charge in [0.2, 0.25) is 0 Å². The van der Waals surface area contributed by atoms with Crippen molar-refractivity contribution in [2.24, 2.45) is 4.99 Å². The number of ether oxygens (including phenoxy) is 1. The molecule has 0 bridgehead atoms. The lowest BCUT2D eigenvalue weighted by molar-refractivity contribution is 0.195. The fourth-order valence-corrected chi connectivity index (χ4v) is 2.34. The van der Waals surface area contributed by atoms with E-state index in [2.05, 4.69) is 25.7 Å². The summed E-state index contributed by atoms with van der Waals surface area (Å²) in [4.78, 5) is 8.70. The third kappa shape index (κ3) is 5.06. The molecule has 2 rings (SSSR count). The quantitative estimate of drug-likeness (QED) is 0.458. The van der Waals surface area contributed by atoms with Crippen LogP contribution in [0.1, 0.15) is 23.4 Å². The van der Waals surface area contributed by atoms with Gasteiger partial charge in [-0.2, -0.15) is 5.10 Å². The van der Waals surface area contributed by atoms with E-state index >= 15 is 0 Å². The van der Waals surface area contributed by atoms with Crippen LogP contribution in [0.5, 0.6) is 0 Å². The minimum Gasteiger partial charge on any atom is -0.385 e. The van der Waals surface area contributed by atoms with Crippen LogP contribution in [0.25, 0.3) is 5.82 Å². The lowest BCUT2D eigenvalue weighted by Gasteiger charge is -2.12. The number of guanidine groups is 1. The fraction of sp³-hybridized carbons (Fsp3) is 0.471. The van der Waals surface area contributed by atoms with Crippen molar-refractivity contribution in [2.45, 2.75) is 26.8 Å². The van der Waals surface area contributed by atoms with E-state index in [9.17, 15) is 0 Å². The van der Waals surface area contributed by atoms with E-state index in [-0.39, 0.29) is 0 Å². The molecule has 0 atom stereocenters. The summed E-state index contributed by atoms with van der Waals surface area (Å²) >= 11 is 0. The van der Waals surface area contributed by atoms with Gasteiger partial charge in [0.05, 0.1) is 5.69 Å². The summed E-state index contributed by atoms with van der Waals surface area (Å²) in [5, 5.41) is 11.0. The summed E-state index contributed by atoms with van der Waals surface area (Å²) in [6.45, 7) is 6.22. The van der Waals surface area contributed by atoms with Crippen molar-refractivity contribution in [2.75, 3.05) is 27.3 Å². The van der Waals surface area contributed by atoms with Crippen LogP contribution in [0.2, 0.25) is 0 Å². The highest BCUT2D eigenvalue weighted by molar-refractivity contribution is 5.79. The van der Waals surface area contributed by atoms with Crippen LogP contribution in [-0.4, -0.2) is 48.0 Å². The van der Waals surface area contributed by atoms with Crippen LogP contribution in [0, 0.1) is 13.8 Å². The van der Waals surface area contributed by atoms with Gasteiger partial charge in [-0.1, -0.05) is 6.07 Å². The molecule has 0 fully saturated rings. The Kier molecular flexibility index (Phi) is 6.74. The Morgan fingerprint density at radius 3 is 2.71 bits per heavy atom. The molecule has 0 saturated heterocycles. The van der Waals surface area contributed by atoms with Gasteiger partial charge in [-0.25, -0.2) is 9.67 Å². The first-order valence-electron chi connectivity index (χ1n) is 8.06. The first kappa shape index (κ1) is 17.9. The number of rotatable bonds is 7. The van der Waals surface area contributed by atoms with Gasteiger partial charge in [0, 0.05) is 45.7 Å². The van der Waals surface area contributed by atoms with Gasteiger partial charge in [-0.05, 0) is 38.0 Å². The molecule has 0 unspecified atom stereocenters. The van der Waals surface area contributed by atoms with Gasteiger partial charge in [0.15, 0.2) is 11.8 Å². The molecule has 0 aliphatic rings. The average molecular weight is 330 g/mol. The minimum atomic E-state index is 0.661. The highest BCUT2D eigenvalue weighted by Gasteiger charge is 2.05. The zero-order chi connectivity index (χ0) is 17.4. The number of hydrogen-bond acceptors (Lipinski definition) is 4. The van der Waals surface area contributed by atoms with Crippen LogP contribution in [-0.2, 0) is 11.3 Å². The van der Waals surface area contributed by atoms with Crippen molar-refractivity contribution in [3.8, 4) is 5.82 Å². The van der Waals surface area contributed by atoms with Crippen molar-refractivity contribution in [3.63, 3.8) is 0 Å². The molecule has 0 radical (unpaired) electrons. The van der Waals surface area contributed by atoms with E-state index in [0.29, 0.717) is 6.54 Å². The SMILES string of the molecule is CN=C(NCCCOC)NCc1ccc(-n2nc(C)cc2C)nc1. The molecule has 0 amide bonds. The predicted octanol–water partition coefficient (Wildman–Crippen LogP) is 1.59. The smallest absolute Gasteiger partial charge is 0.191 e. The molecule has 7 heteroatoms. The van der Waals surface area contributed by atoms with E-state index < -0.39 is 0 Å². The second kappa shape index (κ2) is 9.02. The number of aromatic nitrogens is 3. The highest BCUT2D eigenvalue weighted by Crippen LogP contribution is 2.10. The van der Waals surface area contributed by atoms with Crippen LogP contribution >= 0.6 is 0 Å². The van der Waals surface area contributed by atoms with Gasteiger partial charge < -0.3 is 15.4 Å². The van der Waals surface area contributed by atoms with E-state index in [0.717, 1.165) is 48.3 Å². The van der Waals surface area contributed by atoms with E-state index in [1.54, 1.807) is 14.2 Å². The molecule has 24 heavy (non-hydrogen) atoms. The molecule has 2 heterocycles. The van der Waals surface area contributed by atoms with E-state index in [1.807, 2.05) is 42.9 Å². The summed E-state index contributed by atoms with van der Waals surface area (Å²) in [6.07, 6.45) is 2.80. The standard InChI is InChI=1S/C17H26N6O/c1-13-10-14(2)23(22-13)16-7-6-15(11-20-16)12-21-17(18-3)19-8-5-9-24-4/h6-7,10-11H,5,8-9,12H2,1-4H3,(H2,18,19,21). The molecule has 0 spiro atoms. The van der Waals surface area contributed by atoms with Gasteiger partial charge >= 0.3 is 0 Å². The van der Waals surface area contributed by atoms with E-state index in [4.69, 9.17) is 4.74 Å². The molecular formula is C17H26N6O. The first-order chi connectivity index (χ1) is 11.6. The molecule has 2 aromatic heterocycles. The summed E-state index contributed by atoms with van der Waals surface area (Å²) < 4.78 is 6.88. The van der Waals surface area contributed by atoms with Crippen molar-refractivity contribution in [3.05, 3.63) is 41.3 Å². The molecule has 7 nitrogen and oxygen atoms in total. The Morgan fingerprint density at radius 1 is 1.29 bits per heavy atom. The summed E-state index contributed by atoms with van der Waals surface area (Å²) in [7, 11) is 3.46. The molecule has 0 aromatic carbocycles. The third-order valence-corrected chi connectivity index (χ3v) is 3.54. The van der Waals surface area contributed by atoms with Gasteiger partial charge in [-0.15, -0.1) is 0 Å². The minimum absolute atomic E-state index is 0.661. The molecule has 0 saturated carbocycles. The molecule has 130 valence electrons. The molecule has 2 aromatic rings. The number of nitrogens with one attached hydrogen (secondary N) is 2. The van der Waals surface area contributed by atoms with Crippen LogP contribution in [0.15, 0.2) is 29.4 Å². The lowest BCUT2D eigenvalue weighted by Crippen LogP contribution is -2.37. The summed E-state index contributed by atoms with van der Waals surface area (Å²) in [6, 6.07) is 6.06. The van der Waals surface area contributed by atoms with Gasteiger partial charge in [0.1, 0.15) is 0 Å². The Labute approximate surface area is 143 Å². The number of pyridine rings is 1. The van der Waals surface area contributed by atoms with Crippen molar-refractivity contribution < 1.29 is 4.74 Å². The molecule has 2 N–H and O–H groups in total. The predicted molar refractivity (Wildman–Crippen MR) is 95.5 cm³/mol.